The highest BCUT2D eigenvalue weighted by Gasteiger charge is 2.09. The molecule has 110 valence electrons. The Labute approximate surface area is 137 Å². The fourth-order valence-electron chi connectivity index (χ4n) is 2.15. The van der Waals surface area contributed by atoms with Crippen molar-refractivity contribution in [2.45, 2.75) is 6.54 Å². The standard InChI is InChI=1S/C17H13ClN2OS/c18-14-6-3-5-12(10-14)16(21)20-11-13-4-1-2-7-15(13)17-19-8-9-22-17/h1-10H,11H2,(H,20,21). The van der Waals surface area contributed by atoms with Gasteiger partial charge in [-0.15, -0.1) is 11.3 Å². The summed E-state index contributed by atoms with van der Waals surface area (Å²) < 4.78 is 0. The fourth-order valence-corrected chi connectivity index (χ4v) is 3.04. The number of amides is 1. The molecule has 0 saturated heterocycles. The fraction of sp³-hybridized carbons (Fsp3) is 0.0588. The van der Waals surface area contributed by atoms with E-state index in [1.165, 1.54) is 0 Å². The molecule has 0 bridgehead atoms. The number of hydrogen-bond donors (Lipinski definition) is 1. The van der Waals surface area contributed by atoms with E-state index < -0.39 is 0 Å². The summed E-state index contributed by atoms with van der Waals surface area (Å²) in [7, 11) is 0. The van der Waals surface area contributed by atoms with Gasteiger partial charge in [-0.25, -0.2) is 4.98 Å². The van der Waals surface area contributed by atoms with Gasteiger partial charge in [-0.1, -0.05) is 41.9 Å². The summed E-state index contributed by atoms with van der Waals surface area (Å²) in [5.74, 6) is -0.142. The molecule has 0 aliphatic heterocycles. The molecule has 0 unspecified atom stereocenters. The van der Waals surface area contributed by atoms with Gasteiger partial charge in [0.25, 0.3) is 5.91 Å². The Bertz CT molecular complexity index is 787. The molecule has 22 heavy (non-hydrogen) atoms. The molecule has 0 aliphatic carbocycles. The largest absolute Gasteiger partial charge is 0.348 e. The molecule has 0 spiro atoms. The topological polar surface area (TPSA) is 42.0 Å². The average Bonchev–Trinajstić information content (AvgIpc) is 3.07. The maximum atomic E-state index is 12.2. The van der Waals surface area contributed by atoms with Gasteiger partial charge in [0.1, 0.15) is 5.01 Å². The predicted octanol–water partition coefficient (Wildman–Crippen LogP) is 4.39. The van der Waals surface area contributed by atoms with E-state index in [2.05, 4.69) is 10.3 Å². The van der Waals surface area contributed by atoms with Gasteiger partial charge >= 0.3 is 0 Å². The van der Waals surface area contributed by atoms with E-state index in [4.69, 9.17) is 11.6 Å². The quantitative estimate of drug-likeness (QED) is 0.771. The molecule has 1 amide bonds. The number of aromatic nitrogens is 1. The van der Waals surface area contributed by atoms with Crippen LogP contribution in [-0.2, 0) is 6.54 Å². The molecule has 1 N–H and O–H groups in total. The van der Waals surface area contributed by atoms with Crippen molar-refractivity contribution in [3.8, 4) is 10.6 Å². The Morgan fingerprint density at radius 3 is 2.82 bits per heavy atom. The van der Waals surface area contributed by atoms with E-state index in [1.54, 1.807) is 41.8 Å². The summed E-state index contributed by atoms with van der Waals surface area (Å²) in [4.78, 5) is 16.5. The normalized spacial score (nSPS) is 10.4. The van der Waals surface area contributed by atoms with Gasteiger partial charge in [0, 0.05) is 34.3 Å². The van der Waals surface area contributed by atoms with Crippen LogP contribution in [0.2, 0.25) is 5.02 Å². The smallest absolute Gasteiger partial charge is 0.251 e. The first-order valence-corrected chi connectivity index (χ1v) is 8.01. The minimum atomic E-state index is -0.142. The van der Waals surface area contributed by atoms with Crippen molar-refractivity contribution in [2.24, 2.45) is 0 Å². The first-order valence-electron chi connectivity index (χ1n) is 6.75. The van der Waals surface area contributed by atoms with E-state index >= 15 is 0 Å². The van der Waals surface area contributed by atoms with Crippen LogP contribution < -0.4 is 5.32 Å². The van der Waals surface area contributed by atoms with Crippen molar-refractivity contribution in [1.29, 1.82) is 0 Å². The van der Waals surface area contributed by atoms with Crippen LogP contribution in [0.4, 0.5) is 0 Å². The van der Waals surface area contributed by atoms with Gasteiger partial charge in [-0.2, -0.15) is 0 Å². The highest BCUT2D eigenvalue weighted by Crippen LogP contribution is 2.25. The molecule has 1 aromatic heterocycles. The predicted molar refractivity (Wildman–Crippen MR) is 90.2 cm³/mol. The summed E-state index contributed by atoms with van der Waals surface area (Å²) in [6.07, 6.45) is 1.78. The minimum absolute atomic E-state index is 0.142. The second-order valence-corrected chi connectivity index (χ2v) is 6.02. The summed E-state index contributed by atoms with van der Waals surface area (Å²) >= 11 is 7.49. The maximum Gasteiger partial charge on any atom is 0.251 e. The van der Waals surface area contributed by atoms with Gasteiger partial charge in [0.15, 0.2) is 0 Å². The Morgan fingerprint density at radius 2 is 2.05 bits per heavy atom. The molecule has 1 heterocycles. The van der Waals surface area contributed by atoms with Gasteiger partial charge < -0.3 is 5.32 Å². The Balaban J connectivity index is 1.76. The molecule has 0 saturated carbocycles. The first-order chi connectivity index (χ1) is 10.7. The Morgan fingerprint density at radius 1 is 1.18 bits per heavy atom. The number of carbonyl (C=O) groups excluding carboxylic acids is 1. The van der Waals surface area contributed by atoms with Crippen molar-refractivity contribution in [3.05, 3.63) is 76.3 Å². The van der Waals surface area contributed by atoms with Crippen molar-refractivity contribution in [2.75, 3.05) is 0 Å². The molecule has 0 radical (unpaired) electrons. The minimum Gasteiger partial charge on any atom is -0.348 e. The number of halogens is 1. The Hall–Kier alpha value is -2.17. The molecule has 0 aliphatic rings. The molecule has 2 aromatic carbocycles. The Kier molecular flexibility index (Phi) is 4.51. The number of rotatable bonds is 4. The third-order valence-corrected chi connectivity index (χ3v) is 4.25. The van der Waals surface area contributed by atoms with E-state index in [9.17, 15) is 4.79 Å². The van der Waals surface area contributed by atoms with Gasteiger partial charge in [0.2, 0.25) is 0 Å². The van der Waals surface area contributed by atoms with Crippen LogP contribution in [0.25, 0.3) is 10.6 Å². The lowest BCUT2D eigenvalue weighted by Gasteiger charge is -2.09. The number of nitrogens with one attached hydrogen (secondary N) is 1. The lowest BCUT2D eigenvalue weighted by molar-refractivity contribution is 0.0951. The van der Waals surface area contributed by atoms with E-state index in [0.29, 0.717) is 17.1 Å². The summed E-state index contributed by atoms with van der Waals surface area (Å²) in [5, 5.41) is 6.37. The van der Waals surface area contributed by atoms with E-state index in [1.807, 2.05) is 29.6 Å². The SMILES string of the molecule is O=C(NCc1ccccc1-c1nccs1)c1cccc(Cl)c1. The number of benzene rings is 2. The third-order valence-electron chi connectivity index (χ3n) is 3.21. The summed E-state index contributed by atoms with van der Waals surface area (Å²) in [5.41, 5.74) is 2.64. The van der Waals surface area contributed by atoms with Crippen molar-refractivity contribution >= 4 is 28.8 Å². The monoisotopic (exact) mass is 328 g/mol. The van der Waals surface area contributed by atoms with Crippen LogP contribution in [0, 0.1) is 0 Å². The molecule has 0 atom stereocenters. The lowest BCUT2D eigenvalue weighted by atomic mass is 10.1. The van der Waals surface area contributed by atoms with Crippen LogP contribution in [0.1, 0.15) is 15.9 Å². The average molecular weight is 329 g/mol. The van der Waals surface area contributed by atoms with Crippen LogP contribution in [0.15, 0.2) is 60.1 Å². The summed E-state index contributed by atoms with van der Waals surface area (Å²) in [6, 6.07) is 14.8. The number of thiazole rings is 1. The van der Waals surface area contributed by atoms with Crippen LogP contribution >= 0.6 is 22.9 Å². The second-order valence-electron chi connectivity index (χ2n) is 4.69. The molecule has 0 fully saturated rings. The van der Waals surface area contributed by atoms with E-state index in [0.717, 1.165) is 16.1 Å². The molecule has 3 rings (SSSR count). The zero-order valence-corrected chi connectivity index (χ0v) is 13.2. The van der Waals surface area contributed by atoms with E-state index in [-0.39, 0.29) is 5.91 Å². The molecule has 5 heteroatoms. The molecule has 3 nitrogen and oxygen atoms in total. The third kappa shape index (κ3) is 3.35. The summed E-state index contributed by atoms with van der Waals surface area (Å²) in [6.45, 7) is 0.446. The molecular weight excluding hydrogens is 316 g/mol. The van der Waals surface area contributed by atoms with Gasteiger partial charge in [0.05, 0.1) is 0 Å². The van der Waals surface area contributed by atoms with Gasteiger partial charge in [-0.05, 0) is 23.8 Å². The zero-order chi connectivity index (χ0) is 15.4. The maximum absolute atomic E-state index is 12.2. The number of carbonyl (C=O) groups is 1. The van der Waals surface area contributed by atoms with Crippen molar-refractivity contribution in [1.82, 2.24) is 10.3 Å². The number of nitrogens with zero attached hydrogens (tertiary/aromatic N) is 1. The van der Waals surface area contributed by atoms with Crippen molar-refractivity contribution in [3.63, 3.8) is 0 Å². The molecular formula is C17H13ClN2OS. The van der Waals surface area contributed by atoms with Crippen molar-refractivity contribution < 1.29 is 4.79 Å². The van der Waals surface area contributed by atoms with Crippen LogP contribution in [-0.4, -0.2) is 10.9 Å². The van der Waals surface area contributed by atoms with Crippen LogP contribution in [0.5, 0.6) is 0 Å². The van der Waals surface area contributed by atoms with Crippen LogP contribution in [0.3, 0.4) is 0 Å². The zero-order valence-electron chi connectivity index (χ0n) is 11.6. The lowest BCUT2D eigenvalue weighted by Crippen LogP contribution is -2.23. The second kappa shape index (κ2) is 6.73. The molecule has 3 aromatic rings. The highest BCUT2D eigenvalue weighted by atomic mass is 35.5. The highest BCUT2D eigenvalue weighted by molar-refractivity contribution is 7.13. The van der Waals surface area contributed by atoms with Gasteiger partial charge in [-0.3, -0.25) is 4.79 Å². The first kappa shape index (κ1) is 14.8. The number of hydrogen-bond acceptors (Lipinski definition) is 3.